The molecule has 0 aliphatic rings. The maximum atomic E-state index is 11.9. The average molecular weight is 380 g/mol. The Morgan fingerprint density at radius 2 is 1.79 bits per heavy atom. The second kappa shape index (κ2) is 7.86. The average Bonchev–Trinajstić information content (AvgIpc) is 2.70. The van der Waals surface area contributed by atoms with Crippen molar-refractivity contribution >= 4 is 11.0 Å². The molecule has 0 saturated heterocycles. The highest BCUT2D eigenvalue weighted by atomic mass is 16.5. The van der Waals surface area contributed by atoms with Crippen LogP contribution in [0.4, 0.5) is 0 Å². The van der Waals surface area contributed by atoms with E-state index in [-0.39, 0.29) is 5.41 Å². The summed E-state index contributed by atoms with van der Waals surface area (Å²) in [6, 6.07) is 13.7. The highest BCUT2D eigenvalue weighted by Crippen LogP contribution is 2.38. The molecule has 28 heavy (non-hydrogen) atoms. The topological polar surface area (TPSA) is 67.3 Å². The summed E-state index contributed by atoms with van der Waals surface area (Å²) in [6.45, 7) is 9.49. The molecule has 3 rings (SSSR count). The Morgan fingerprint density at radius 3 is 2.43 bits per heavy atom. The Morgan fingerprint density at radius 1 is 1.07 bits per heavy atom. The minimum absolute atomic E-state index is 0.0603. The molecular formula is C23H29N3O2. The van der Waals surface area contributed by atoms with Gasteiger partial charge in [-0.25, -0.2) is 4.98 Å². The van der Waals surface area contributed by atoms with Gasteiger partial charge < -0.3 is 15.2 Å². The minimum Gasteiger partial charge on any atom is -0.496 e. The van der Waals surface area contributed by atoms with Gasteiger partial charge in [0.1, 0.15) is 11.4 Å². The zero-order chi connectivity index (χ0) is 20.4. The van der Waals surface area contributed by atoms with Gasteiger partial charge >= 0.3 is 0 Å². The third kappa shape index (κ3) is 3.86. The number of aliphatic hydroxyl groups is 1. The van der Waals surface area contributed by atoms with Crippen LogP contribution < -0.4 is 10.1 Å². The molecule has 0 aliphatic heterocycles. The number of nitrogens with one attached hydrogen (secondary N) is 1. The molecule has 1 heterocycles. The largest absolute Gasteiger partial charge is 0.496 e. The summed E-state index contributed by atoms with van der Waals surface area (Å²) in [4.78, 5) is 9.25. The lowest BCUT2D eigenvalue weighted by molar-refractivity contribution is 0.0731. The number of methoxy groups -OCH3 is 1. The maximum Gasteiger partial charge on any atom is 0.149 e. The van der Waals surface area contributed by atoms with Gasteiger partial charge in [0.2, 0.25) is 0 Å². The highest BCUT2D eigenvalue weighted by Gasteiger charge is 2.37. The number of rotatable bonds is 6. The van der Waals surface area contributed by atoms with Crippen molar-refractivity contribution in [3.05, 3.63) is 65.5 Å². The number of ether oxygens (including phenoxy) is 1. The fourth-order valence-electron chi connectivity index (χ4n) is 3.28. The third-order valence-electron chi connectivity index (χ3n) is 5.01. The van der Waals surface area contributed by atoms with Gasteiger partial charge in [0.05, 0.1) is 30.0 Å². The fourth-order valence-corrected chi connectivity index (χ4v) is 3.28. The molecule has 0 aliphatic carbocycles. The second-order valence-corrected chi connectivity index (χ2v) is 8.05. The van der Waals surface area contributed by atoms with Crippen LogP contribution in [0.5, 0.6) is 5.75 Å². The normalized spacial score (nSPS) is 14.1. The molecule has 0 saturated carbocycles. The molecule has 1 aromatic heterocycles. The SMILES string of the molecule is CCNCC(O)(c1cnc2ccccc2n1)c1cc(C(C)(C)C)ccc1OC. The minimum atomic E-state index is -1.38. The van der Waals surface area contributed by atoms with Gasteiger partial charge in [0, 0.05) is 12.1 Å². The van der Waals surface area contributed by atoms with Gasteiger partial charge in [-0.05, 0) is 41.8 Å². The monoisotopic (exact) mass is 379 g/mol. The van der Waals surface area contributed by atoms with E-state index in [2.05, 4.69) is 31.1 Å². The van der Waals surface area contributed by atoms with Crippen LogP contribution in [0.15, 0.2) is 48.7 Å². The van der Waals surface area contributed by atoms with E-state index < -0.39 is 5.60 Å². The van der Waals surface area contributed by atoms with Gasteiger partial charge in [-0.3, -0.25) is 4.98 Å². The smallest absolute Gasteiger partial charge is 0.149 e. The van der Waals surface area contributed by atoms with Gasteiger partial charge in [-0.1, -0.05) is 45.9 Å². The number of para-hydroxylation sites is 2. The third-order valence-corrected chi connectivity index (χ3v) is 5.01. The number of benzene rings is 2. The lowest BCUT2D eigenvalue weighted by atomic mass is 9.82. The summed E-state index contributed by atoms with van der Waals surface area (Å²) in [5.41, 5.74) is 2.42. The van der Waals surface area contributed by atoms with E-state index >= 15 is 0 Å². The Labute approximate surface area is 166 Å². The molecule has 0 amide bonds. The van der Waals surface area contributed by atoms with E-state index in [1.807, 2.05) is 49.4 Å². The quantitative estimate of drug-likeness (QED) is 0.682. The first kappa shape index (κ1) is 20.2. The number of fused-ring (bicyclic) bond motifs is 1. The first-order valence-electron chi connectivity index (χ1n) is 9.64. The first-order chi connectivity index (χ1) is 13.3. The molecule has 0 fully saturated rings. The number of aromatic nitrogens is 2. The number of nitrogens with zero attached hydrogens (tertiary/aromatic N) is 2. The van der Waals surface area contributed by atoms with Crippen molar-refractivity contribution in [3.63, 3.8) is 0 Å². The number of hydrogen-bond donors (Lipinski definition) is 2. The molecule has 2 aromatic carbocycles. The van der Waals surface area contributed by atoms with Gasteiger partial charge in [-0.2, -0.15) is 0 Å². The van der Waals surface area contributed by atoms with E-state index in [4.69, 9.17) is 9.72 Å². The van der Waals surface area contributed by atoms with E-state index in [0.717, 1.165) is 23.1 Å². The van der Waals surface area contributed by atoms with Crippen molar-refractivity contribution in [2.75, 3.05) is 20.2 Å². The summed E-state index contributed by atoms with van der Waals surface area (Å²) in [6.07, 6.45) is 1.66. The molecule has 5 heteroatoms. The van der Waals surface area contributed by atoms with Crippen molar-refractivity contribution in [2.24, 2.45) is 0 Å². The molecule has 148 valence electrons. The van der Waals surface area contributed by atoms with Crippen LogP contribution in [0, 0.1) is 0 Å². The molecule has 0 radical (unpaired) electrons. The summed E-state index contributed by atoms with van der Waals surface area (Å²) in [7, 11) is 1.62. The van der Waals surface area contributed by atoms with Crippen LogP contribution in [0.25, 0.3) is 11.0 Å². The summed E-state index contributed by atoms with van der Waals surface area (Å²) < 4.78 is 5.61. The van der Waals surface area contributed by atoms with Crippen molar-refractivity contribution in [1.82, 2.24) is 15.3 Å². The number of hydrogen-bond acceptors (Lipinski definition) is 5. The predicted molar refractivity (Wildman–Crippen MR) is 113 cm³/mol. The van der Waals surface area contributed by atoms with Crippen LogP contribution in [0.1, 0.15) is 44.5 Å². The van der Waals surface area contributed by atoms with Gasteiger partial charge in [0.25, 0.3) is 0 Å². The van der Waals surface area contributed by atoms with E-state index in [1.165, 1.54) is 0 Å². The van der Waals surface area contributed by atoms with Crippen LogP contribution in [-0.2, 0) is 11.0 Å². The Hall–Kier alpha value is -2.50. The van der Waals surface area contributed by atoms with Crippen LogP contribution in [0.2, 0.25) is 0 Å². The molecule has 0 bridgehead atoms. The second-order valence-electron chi connectivity index (χ2n) is 8.05. The molecule has 1 unspecified atom stereocenters. The van der Waals surface area contributed by atoms with Crippen LogP contribution in [-0.4, -0.2) is 35.3 Å². The van der Waals surface area contributed by atoms with Gasteiger partial charge in [-0.15, -0.1) is 0 Å². The summed E-state index contributed by atoms with van der Waals surface area (Å²) in [5.74, 6) is 0.628. The van der Waals surface area contributed by atoms with E-state index in [9.17, 15) is 5.11 Å². The van der Waals surface area contributed by atoms with Crippen molar-refractivity contribution in [2.45, 2.75) is 38.7 Å². The summed E-state index contributed by atoms with van der Waals surface area (Å²) >= 11 is 0. The van der Waals surface area contributed by atoms with Crippen LogP contribution in [0.3, 0.4) is 0 Å². The lowest BCUT2D eigenvalue weighted by Gasteiger charge is -2.31. The Balaban J connectivity index is 2.23. The molecular weight excluding hydrogens is 350 g/mol. The van der Waals surface area contributed by atoms with Crippen molar-refractivity contribution < 1.29 is 9.84 Å². The predicted octanol–water partition coefficient (Wildman–Crippen LogP) is 3.78. The fraction of sp³-hybridized carbons (Fsp3) is 0.391. The van der Waals surface area contributed by atoms with Crippen LogP contribution >= 0.6 is 0 Å². The maximum absolute atomic E-state index is 11.9. The van der Waals surface area contributed by atoms with Gasteiger partial charge in [0.15, 0.2) is 0 Å². The molecule has 1 atom stereocenters. The molecule has 5 nitrogen and oxygen atoms in total. The van der Waals surface area contributed by atoms with E-state index in [0.29, 0.717) is 23.6 Å². The Kier molecular flexibility index (Phi) is 5.68. The first-order valence-corrected chi connectivity index (χ1v) is 9.64. The zero-order valence-corrected chi connectivity index (χ0v) is 17.3. The zero-order valence-electron chi connectivity index (χ0n) is 17.3. The number of likely N-dealkylation sites (N-methyl/N-ethyl adjacent to an activating group) is 1. The highest BCUT2D eigenvalue weighted by molar-refractivity contribution is 5.74. The molecule has 3 aromatic rings. The standard InChI is InChI=1S/C23H29N3O2/c1-6-24-15-23(27,21-14-25-18-9-7-8-10-19(18)26-21)17-13-16(22(2,3)4)11-12-20(17)28-5/h7-14,24,27H,6,15H2,1-5H3. The van der Waals surface area contributed by atoms with Crippen molar-refractivity contribution in [1.29, 1.82) is 0 Å². The summed E-state index contributed by atoms with van der Waals surface area (Å²) in [5, 5.41) is 15.2. The van der Waals surface area contributed by atoms with Crippen molar-refractivity contribution in [3.8, 4) is 5.75 Å². The van der Waals surface area contributed by atoms with E-state index in [1.54, 1.807) is 13.3 Å². The molecule has 0 spiro atoms. The Bertz CT molecular complexity index is 965. The molecule has 2 N–H and O–H groups in total. The lowest BCUT2D eigenvalue weighted by Crippen LogP contribution is -2.40.